The fourth-order valence-electron chi connectivity index (χ4n) is 6.32. The van der Waals surface area contributed by atoms with Gasteiger partial charge in [0.15, 0.2) is 5.82 Å². The summed E-state index contributed by atoms with van der Waals surface area (Å²) < 4.78 is 12.1. The fourth-order valence-corrected chi connectivity index (χ4v) is 6.32. The van der Waals surface area contributed by atoms with Gasteiger partial charge >= 0.3 is 0 Å². The molecule has 1 aliphatic carbocycles. The van der Waals surface area contributed by atoms with Gasteiger partial charge in [0, 0.05) is 48.6 Å². The maximum absolute atomic E-state index is 13.4. The summed E-state index contributed by atoms with van der Waals surface area (Å²) in [5.74, 6) is 1.24. The van der Waals surface area contributed by atoms with Crippen LogP contribution in [0.2, 0.25) is 0 Å². The fraction of sp³-hybridized carbons (Fsp3) is 0.341. The third-order valence-corrected chi connectivity index (χ3v) is 9.36. The molecular weight excluding hydrogens is 658 g/mol. The van der Waals surface area contributed by atoms with Crippen LogP contribution in [0.3, 0.4) is 0 Å². The zero-order valence-electron chi connectivity index (χ0n) is 30.2. The molecule has 3 aromatic rings. The van der Waals surface area contributed by atoms with Crippen LogP contribution in [-0.2, 0) is 26.3 Å². The number of aldehydes is 1. The molecule has 2 unspecified atom stereocenters. The second-order valence-corrected chi connectivity index (χ2v) is 13.2. The van der Waals surface area contributed by atoms with E-state index in [0.29, 0.717) is 47.9 Å². The van der Waals surface area contributed by atoms with E-state index in [2.05, 4.69) is 65.3 Å². The molecule has 5 rings (SSSR count). The second kappa shape index (κ2) is 17.1. The number of aliphatic hydroxyl groups excluding tert-OH is 1. The molecule has 3 N–H and O–H groups in total. The third kappa shape index (κ3) is 8.66. The lowest BCUT2D eigenvalue weighted by Gasteiger charge is -2.28. The minimum atomic E-state index is -0.821. The lowest BCUT2D eigenvalue weighted by Crippen LogP contribution is -2.45. The summed E-state index contributed by atoms with van der Waals surface area (Å²) in [5.41, 5.74) is 5.20. The number of allylic oxidation sites excluding steroid dienone is 5. The lowest BCUT2D eigenvalue weighted by molar-refractivity contribution is -0.124. The van der Waals surface area contributed by atoms with E-state index in [0.717, 1.165) is 35.5 Å². The minimum Gasteiger partial charge on any atom is -0.494 e. The average molecular weight is 706 g/mol. The van der Waals surface area contributed by atoms with E-state index in [4.69, 9.17) is 9.47 Å². The smallest absolute Gasteiger partial charge is 0.259 e. The van der Waals surface area contributed by atoms with E-state index >= 15 is 0 Å². The van der Waals surface area contributed by atoms with E-state index in [1.807, 2.05) is 30.4 Å². The molecule has 0 spiro atoms. The molecule has 2 aromatic carbocycles. The first-order valence-corrected chi connectivity index (χ1v) is 17.5. The van der Waals surface area contributed by atoms with Crippen LogP contribution in [0.4, 0.5) is 5.69 Å². The van der Waals surface area contributed by atoms with Crippen LogP contribution in [0, 0.1) is 0 Å². The number of rotatable bonds is 17. The molecular formula is C41H47N5O6. The Morgan fingerprint density at radius 1 is 1.13 bits per heavy atom. The van der Waals surface area contributed by atoms with Crippen LogP contribution in [0.5, 0.6) is 5.75 Å². The summed E-state index contributed by atoms with van der Waals surface area (Å²) in [4.78, 5) is 46.9. The summed E-state index contributed by atoms with van der Waals surface area (Å²) >= 11 is 0. The van der Waals surface area contributed by atoms with Gasteiger partial charge in [-0.15, -0.1) is 0 Å². The zero-order valence-corrected chi connectivity index (χ0v) is 30.2. The van der Waals surface area contributed by atoms with Crippen LogP contribution in [0.15, 0.2) is 96.9 Å². The van der Waals surface area contributed by atoms with Crippen molar-refractivity contribution in [1.82, 2.24) is 20.2 Å². The normalized spacial score (nSPS) is 15.2. The molecule has 272 valence electrons. The van der Waals surface area contributed by atoms with E-state index in [1.54, 1.807) is 31.3 Å². The Morgan fingerprint density at radius 2 is 1.92 bits per heavy atom. The molecule has 2 heterocycles. The van der Waals surface area contributed by atoms with Crippen LogP contribution >= 0.6 is 0 Å². The summed E-state index contributed by atoms with van der Waals surface area (Å²) in [6.07, 6.45) is 11.7. The summed E-state index contributed by atoms with van der Waals surface area (Å²) in [6.45, 7) is 11.6. The maximum atomic E-state index is 13.4. The standard InChI is InChI=1S/C41H47N5O6/c1-27-37-34(40(50)46(27)36(14-8-24-47)39(49)42-5)12-7-13-35(37)43-22-9-25-51-32-11-6-10-29(15-18-32)41(3,4)30-16-19-33(20-17-30)52-26-31-21-23-44-38(45-31)28(2)48/h6-7,11-13,15-21,23-24,28,36,43,48H,1,8-10,14,22,25-26H2,2-5H3,(H,42,49). The molecule has 0 saturated heterocycles. The van der Waals surface area contributed by atoms with Crippen molar-refractivity contribution in [3.05, 3.63) is 125 Å². The number of hydrogen-bond donors (Lipinski definition) is 3. The van der Waals surface area contributed by atoms with Crippen molar-refractivity contribution >= 4 is 29.5 Å². The molecule has 1 aromatic heterocycles. The Balaban J connectivity index is 1.14. The number of benzene rings is 2. The van der Waals surface area contributed by atoms with Crippen molar-refractivity contribution in [3.63, 3.8) is 0 Å². The number of ether oxygens (including phenoxy) is 2. The average Bonchev–Trinajstić information content (AvgIpc) is 3.27. The van der Waals surface area contributed by atoms with E-state index in [9.17, 15) is 19.5 Å². The van der Waals surface area contributed by atoms with Gasteiger partial charge in [-0.3, -0.25) is 14.5 Å². The van der Waals surface area contributed by atoms with Gasteiger partial charge in [-0.1, -0.05) is 56.4 Å². The van der Waals surface area contributed by atoms with Gasteiger partial charge in [0.25, 0.3) is 5.91 Å². The molecule has 52 heavy (non-hydrogen) atoms. The number of carbonyl (C=O) groups is 3. The van der Waals surface area contributed by atoms with Gasteiger partial charge < -0.3 is 30.0 Å². The first-order valence-electron chi connectivity index (χ1n) is 17.5. The van der Waals surface area contributed by atoms with Crippen LogP contribution in [0.1, 0.15) is 85.6 Å². The van der Waals surface area contributed by atoms with Gasteiger partial charge in [0.2, 0.25) is 5.91 Å². The van der Waals surface area contributed by atoms with Crippen molar-refractivity contribution in [2.75, 3.05) is 25.5 Å². The highest BCUT2D eigenvalue weighted by Gasteiger charge is 2.40. The van der Waals surface area contributed by atoms with Crippen molar-refractivity contribution in [3.8, 4) is 5.75 Å². The number of nitrogens with zero attached hydrogens (tertiary/aromatic N) is 3. The largest absolute Gasteiger partial charge is 0.494 e. The van der Waals surface area contributed by atoms with E-state index < -0.39 is 12.1 Å². The van der Waals surface area contributed by atoms with Gasteiger partial charge in [-0.25, -0.2) is 9.97 Å². The first-order chi connectivity index (χ1) is 25.0. The van der Waals surface area contributed by atoms with Crippen molar-refractivity contribution in [2.45, 2.75) is 70.6 Å². The lowest BCUT2D eigenvalue weighted by atomic mass is 9.76. The Bertz CT molecular complexity index is 1880. The van der Waals surface area contributed by atoms with Gasteiger partial charge in [-0.05, 0) is 74.2 Å². The van der Waals surface area contributed by atoms with Crippen molar-refractivity contribution in [2.24, 2.45) is 0 Å². The molecule has 0 bridgehead atoms. The molecule has 11 heteroatoms. The highest BCUT2D eigenvalue weighted by Crippen LogP contribution is 2.39. The molecule has 2 atom stereocenters. The van der Waals surface area contributed by atoms with Crippen LogP contribution in [0.25, 0.3) is 5.70 Å². The SMILES string of the molecule is C=C1c2c(NCCCOC3=CC=C(C(C)(C)c4ccc(OCc5ccnc(C(C)O)n5)cc4)CC=C3)cccc2C(=O)N1C(CCC=O)C(=O)NC. The number of nitrogens with one attached hydrogen (secondary N) is 2. The molecule has 11 nitrogen and oxygen atoms in total. The number of carbonyl (C=O) groups excluding carboxylic acids is 3. The summed E-state index contributed by atoms with van der Waals surface area (Å²) in [7, 11) is 1.51. The van der Waals surface area contributed by atoms with Gasteiger partial charge in [-0.2, -0.15) is 0 Å². The predicted octanol–water partition coefficient (Wildman–Crippen LogP) is 6.20. The first kappa shape index (κ1) is 37.7. The number of anilines is 1. The molecule has 0 saturated carbocycles. The minimum absolute atomic E-state index is 0.155. The molecule has 2 amide bonds. The van der Waals surface area contributed by atoms with Crippen molar-refractivity contribution in [1.29, 1.82) is 0 Å². The molecule has 2 aliphatic rings. The Labute approximate surface area is 305 Å². The zero-order chi connectivity index (χ0) is 37.3. The second-order valence-electron chi connectivity index (χ2n) is 13.2. The van der Waals surface area contributed by atoms with Gasteiger partial charge in [0.1, 0.15) is 36.5 Å². The quantitative estimate of drug-likeness (QED) is 0.111. The maximum Gasteiger partial charge on any atom is 0.259 e. The van der Waals surface area contributed by atoms with E-state index in [1.165, 1.54) is 17.5 Å². The van der Waals surface area contributed by atoms with E-state index in [-0.39, 0.29) is 36.7 Å². The highest BCUT2D eigenvalue weighted by atomic mass is 16.5. The number of aromatic nitrogens is 2. The van der Waals surface area contributed by atoms with Crippen LogP contribution < -0.4 is 15.4 Å². The number of amides is 2. The predicted molar refractivity (Wildman–Crippen MR) is 200 cm³/mol. The molecule has 1 aliphatic heterocycles. The number of hydrogen-bond acceptors (Lipinski definition) is 9. The number of fused-ring (bicyclic) bond motifs is 1. The molecule has 0 fully saturated rings. The Hall–Kier alpha value is -5.55. The monoisotopic (exact) mass is 705 g/mol. The third-order valence-electron chi connectivity index (χ3n) is 9.36. The molecule has 0 radical (unpaired) electrons. The summed E-state index contributed by atoms with van der Waals surface area (Å²) in [5, 5.41) is 15.8. The Kier molecular flexibility index (Phi) is 12.4. The number of aliphatic hydroxyl groups is 1. The van der Waals surface area contributed by atoms with Crippen LogP contribution in [-0.4, -0.2) is 64.3 Å². The highest BCUT2D eigenvalue weighted by molar-refractivity contribution is 6.13. The topological polar surface area (TPSA) is 143 Å². The number of likely N-dealkylation sites (N-methyl/N-ethyl adjacent to an activating group) is 1. The van der Waals surface area contributed by atoms with Crippen molar-refractivity contribution < 1.29 is 29.0 Å². The van der Waals surface area contributed by atoms with Gasteiger partial charge in [0.05, 0.1) is 17.9 Å². The Morgan fingerprint density at radius 3 is 2.65 bits per heavy atom. The summed E-state index contributed by atoms with van der Waals surface area (Å²) in [6, 6.07) is 14.5.